The molecule has 1 aromatic heterocycles. The van der Waals surface area contributed by atoms with Gasteiger partial charge in [0.1, 0.15) is 6.54 Å². The number of carbonyl (C=O) groups is 1. The lowest BCUT2D eigenvalue weighted by Crippen LogP contribution is -2.30. The summed E-state index contributed by atoms with van der Waals surface area (Å²) in [6.07, 6.45) is 0. The predicted molar refractivity (Wildman–Crippen MR) is 52.0 cm³/mol. The standard InChI is InChI=1S/C8H12N2O2S/c1-6-5-13-8(12)10(6)4-7(11)9(2)3/h5H,4H2,1-3H3. The fourth-order valence-electron chi connectivity index (χ4n) is 0.873. The third-order valence-electron chi connectivity index (χ3n) is 1.77. The van der Waals surface area contributed by atoms with Gasteiger partial charge in [-0.15, -0.1) is 0 Å². The van der Waals surface area contributed by atoms with Gasteiger partial charge in [-0.1, -0.05) is 11.3 Å². The lowest BCUT2D eigenvalue weighted by Gasteiger charge is -2.10. The molecular formula is C8H12N2O2S. The molecule has 4 nitrogen and oxygen atoms in total. The topological polar surface area (TPSA) is 42.3 Å². The predicted octanol–water partition coefficient (Wildman–Crippen LogP) is 0.306. The summed E-state index contributed by atoms with van der Waals surface area (Å²) in [6.45, 7) is 1.96. The maximum absolute atomic E-state index is 11.3. The molecule has 0 radical (unpaired) electrons. The van der Waals surface area contributed by atoms with Crippen molar-refractivity contribution in [2.24, 2.45) is 0 Å². The molecule has 0 atom stereocenters. The van der Waals surface area contributed by atoms with E-state index < -0.39 is 0 Å². The SMILES string of the molecule is Cc1csc(=O)n1CC(=O)N(C)C. The van der Waals surface area contributed by atoms with Gasteiger partial charge in [0.05, 0.1) is 0 Å². The molecule has 0 bridgehead atoms. The molecule has 1 amide bonds. The Hall–Kier alpha value is -1.10. The number of rotatable bonds is 2. The first kappa shape index (κ1) is 9.98. The van der Waals surface area contributed by atoms with Crippen molar-refractivity contribution < 1.29 is 4.79 Å². The van der Waals surface area contributed by atoms with E-state index in [1.807, 2.05) is 6.92 Å². The van der Waals surface area contributed by atoms with Crippen LogP contribution in [0.4, 0.5) is 0 Å². The second kappa shape index (κ2) is 3.74. The quantitative estimate of drug-likeness (QED) is 0.689. The van der Waals surface area contributed by atoms with Crippen molar-refractivity contribution in [3.8, 4) is 0 Å². The zero-order valence-corrected chi connectivity index (χ0v) is 8.72. The van der Waals surface area contributed by atoms with E-state index in [9.17, 15) is 9.59 Å². The number of likely N-dealkylation sites (N-methyl/N-ethyl adjacent to an activating group) is 1. The summed E-state index contributed by atoms with van der Waals surface area (Å²) in [4.78, 5) is 23.9. The largest absolute Gasteiger partial charge is 0.347 e. The Bertz CT molecular complexity index is 364. The lowest BCUT2D eigenvalue weighted by atomic mass is 10.5. The molecule has 1 heterocycles. The van der Waals surface area contributed by atoms with Crippen LogP contribution >= 0.6 is 11.3 Å². The molecule has 0 aliphatic rings. The zero-order valence-electron chi connectivity index (χ0n) is 7.90. The van der Waals surface area contributed by atoms with Crippen molar-refractivity contribution >= 4 is 17.2 Å². The Morgan fingerprint density at radius 2 is 2.23 bits per heavy atom. The van der Waals surface area contributed by atoms with Crippen LogP contribution in [0.5, 0.6) is 0 Å². The van der Waals surface area contributed by atoms with Crippen LogP contribution in [-0.2, 0) is 11.3 Å². The molecule has 0 aliphatic heterocycles. The first-order valence-corrected chi connectivity index (χ1v) is 4.75. The zero-order chi connectivity index (χ0) is 10.0. The van der Waals surface area contributed by atoms with E-state index in [0.29, 0.717) is 0 Å². The fourth-order valence-corrected chi connectivity index (χ4v) is 1.61. The van der Waals surface area contributed by atoms with E-state index in [2.05, 4.69) is 0 Å². The molecule has 0 saturated heterocycles. The second-order valence-corrected chi connectivity index (χ2v) is 3.84. The average Bonchev–Trinajstić information content (AvgIpc) is 2.35. The van der Waals surface area contributed by atoms with Crippen molar-refractivity contribution in [2.75, 3.05) is 14.1 Å². The van der Waals surface area contributed by atoms with Crippen LogP contribution in [0.3, 0.4) is 0 Å². The number of carbonyl (C=O) groups excluding carboxylic acids is 1. The highest BCUT2D eigenvalue weighted by molar-refractivity contribution is 7.07. The van der Waals surface area contributed by atoms with Gasteiger partial charge in [0, 0.05) is 25.2 Å². The molecule has 5 heteroatoms. The molecule has 13 heavy (non-hydrogen) atoms. The van der Waals surface area contributed by atoms with Crippen molar-refractivity contribution in [1.82, 2.24) is 9.47 Å². The number of aromatic nitrogens is 1. The summed E-state index contributed by atoms with van der Waals surface area (Å²) in [5.74, 6) is -0.0661. The molecule has 0 fully saturated rings. The minimum atomic E-state index is -0.0762. The Labute approximate surface area is 80.4 Å². The summed E-state index contributed by atoms with van der Waals surface area (Å²) in [7, 11) is 3.35. The summed E-state index contributed by atoms with van der Waals surface area (Å²) in [6, 6.07) is 0. The highest BCUT2D eigenvalue weighted by Crippen LogP contribution is 1.99. The van der Waals surface area contributed by atoms with Crippen LogP contribution < -0.4 is 4.87 Å². The molecule has 0 aliphatic carbocycles. The van der Waals surface area contributed by atoms with Crippen molar-refractivity contribution in [2.45, 2.75) is 13.5 Å². The fraction of sp³-hybridized carbons (Fsp3) is 0.500. The van der Waals surface area contributed by atoms with E-state index in [1.54, 1.807) is 19.5 Å². The molecular weight excluding hydrogens is 188 g/mol. The monoisotopic (exact) mass is 200 g/mol. The third-order valence-corrected chi connectivity index (χ3v) is 2.65. The number of aryl methyl sites for hydroxylation is 1. The van der Waals surface area contributed by atoms with Crippen LogP contribution in [0, 0.1) is 6.92 Å². The first-order valence-electron chi connectivity index (χ1n) is 3.87. The van der Waals surface area contributed by atoms with Gasteiger partial charge in [-0.25, -0.2) is 0 Å². The Morgan fingerprint density at radius 3 is 2.62 bits per heavy atom. The maximum atomic E-state index is 11.3. The smallest absolute Gasteiger partial charge is 0.307 e. The van der Waals surface area contributed by atoms with E-state index in [-0.39, 0.29) is 17.3 Å². The molecule has 0 unspecified atom stereocenters. The van der Waals surface area contributed by atoms with E-state index >= 15 is 0 Å². The molecule has 0 aromatic carbocycles. The Kier molecular flexibility index (Phi) is 2.87. The number of nitrogens with zero attached hydrogens (tertiary/aromatic N) is 2. The van der Waals surface area contributed by atoms with Gasteiger partial charge in [0.25, 0.3) is 0 Å². The summed E-state index contributed by atoms with van der Waals surface area (Å²) in [5, 5.41) is 1.76. The highest BCUT2D eigenvalue weighted by atomic mass is 32.1. The minimum absolute atomic E-state index is 0.0661. The summed E-state index contributed by atoms with van der Waals surface area (Å²) >= 11 is 1.12. The maximum Gasteiger partial charge on any atom is 0.307 e. The average molecular weight is 200 g/mol. The second-order valence-electron chi connectivity index (χ2n) is 3.02. The van der Waals surface area contributed by atoms with Gasteiger partial charge >= 0.3 is 4.87 Å². The van der Waals surface area contributed by atoms with Gasteiger partial charge in [0.15, 0.2) is 0 Å². The number of hydrogen-bond donors (Lipinski definition) is 0. The van der Waals surface area contributed by atoms with Crippen LogP contribution in [0.25, 0.3) is 0 Å². The van der Waals surface area contributed by atoms with Crippen molar-refractivity contribution in [3.05, 3.63) is 20.7 Å². The normalized spacial score (nSPS) is 10.1. The van der Waals surface area contributed by atoms with Crippen LogP contribution in [0.15, 0.2) is 10.2 Å². The Morgan fingerprint density at radius 1 is 1.62 bits per heavy atom. The number of hydrogen-bond acceptors (Lipinski definition) is 3. The number of amides is 1. The van der Waals surface area contributed by atoms with Crippen LogP contribution in [0.1, 0.15) is 5.69 Å². The Balaban J connectivity index is 2.86. The molecule has 0 spiro atoms. The third kappa shape index (κ3) is 2.18. The lowest BCUT2D eigenvalue weighted by molar-refractivity contribution is -0.129. The van der Waals surface area contributed by atoms with Crippen LogP contribution in [0.2, 0.25) is 0 Å². The van der Waals surface area contributed by atoms with Gasteiger partial charge in [-0.05, 0) is 6.92 Å². The van der Waals surface area contributed by atoms with E-state index in [4.69, 9.17) is 0 Å². The number of thiazole rings is 1. The summed E-state index contributed by atoms with van der Waals surface area (Å²) in [5.41, 5.74) is 0.838. The molecule has 0 N–H and O–H groups in total. The molecule has 1 rings (SSSR count). The molecule has 0 saturated carbocycles. The summed E-state index contributed by atoms with van der Waals surface area (Å²) < 4.78 is 1.48. The van der Waals surface area contributed by atoms with Gasteiger partial charge in [-0.3, -0.25) is 14.2 Å². The van der Waals surface area contributed by atoms with Gasteiger partial charge < -0.3 is 4.90 Å². The van der Waals surface area contributed by atoms with Gasteiger partial charge in [0.2, 0.25) is 5.91 Å². The van der Waals surface area contributed by atoms with E-state index in [1.165, 1.54) is 9.47 Å². The molecule has 72 valence electrons. The minimum Gasteiger partial charge on any atom is -0.347 e. The van der Waals surface area contributed by atoms with E-state index in [0.717, 1.165) is 17.0 Å². The molecule has 1 aromatic rings. The van der Waals surface area contributed by atoms with Crippen LogP contribution in [-0.4, -0.2) is 29.5 Å². The van der Waals surface area contributed by atoms with Crippen molar-refractivity contribution in [1.29, 1.82) is 0 Å². The highest BCUT2D eigenvalue weighted by Gasteiger charge is 2.09. The van der Waals surface area contributed by atoms with Crippen molar-refractivity contribution in [3.63, 3.8) is 0 Å². The van der Waals surface area contributed by atoms with Gasteiger partial charge in [-0.2, -0.15) is 0 Å². The first-order chi connectivity index (χ1) is 6.02.